The normalized spacial score (nSPS) is 0. The molecular weight excluding hydrogens is 100 g/mol. The maximum absolute atomic E-state index is 0. The molecule has 5 heavy (non-hydrogen) atoms. The topological polar surface area (TPSA) is 85.5 Å². The van der Waals surface area contributed by atoms with Crippen molar-refractivity contribution in [3.63, 3.8) is 0 Å². The summed E-state index contributed by atoms with van der Waals surface area (Å²) < 4.78 is 0. The molecule has 0 fully saturated rings. The van der Waals surface area contributed by atoms with Crippen molar-refractivity contribution in [2.24, 2.45) is 0 Å². The molecule has 5 heteroatoms. The number of rotatable bonds is 0. The van der Waals surface area contributed by atoms with Gasteiger partial charge in [0, 0.05) is 0 Å². The molecule has 0 atom stereocenters. The van der Waals surface area contributed by atoms with E-state index in [1.165, 1.54) is 0 Å². The number of hydrogen-bond donors (Lipinski definition) is 0. The third-order valence-electron chi connectivity index (χ3n) is 0. The van der Waals surface area contributed by atoms with Gasteiger partial charge in [-0.1, -0.05) is 0 Å². The Morgan fingerprint density at radius 2 is 0.600 bits per heavy atom. The molecule has 0 unspecified atom stereocenters. The summed E-state index contributed by atoms with van der Waals surface area (Å²) in [4.78, 5) is 0. The van der Waals surface area contributed by atoms with E-state index in [0.717, 1.165) is 0 Å². The van der Waals surface area contributed by atoms with Gasteiger partial charge in [0.1, 0.15) is 0 Å². The van der Waals surface area contributed by atoms with Gasteiger partial charge in [0.2, 0.25) is 0 Å². The van der Waals surface area contributed by atoms with Crippen LogP contribution in [-0.2, 0) is 16.4 Å². The largest absolute Gasteiger partial charge is 4.00 e. The van der Waals surface area contributed by atoms with Gasteiger partial charge in [0.25, 0.3) is 0 Å². The molecule has 0 aromatic rings. The second-order valence-corrected chi connectivity index (χ2v) is 0. The summed E-state index contributed by atoms with van der Waals surface area (Å²) in [5, 5.41) is 0. The Hall–Kier alpha value is 0.863. The molecule has 0 aliphatic rings. The molecule has 0 aromatic carbocycles. The fraction of sp³-hybridized carbons (Fsp3) is 0. The van der Waals surface area contributed by atoms with Crippen molar-refractivity contribution < 1.29 is 16.4 Å². The second kappa shape index (κ2) is 97.4. The zero-order valence-electron chi connectivity index (χ0n) is 2.43. The fourth-order valence-electron chi connectivity index (χ4n) is 0. The summed E-state index contributed by atoms with van der Waals surface area (Å²) in [6.07, 6.45) is 0. The van der Waals surface area contributed by atoms with Crippen LogP contribution in [-0.4, -0.2) is 34.0 Å². The molecule has 0 rings (SSSR count). The molecule has 0 saturated carbocycles. The van der Waals surface area contributed by atoms with E-state index in [9.17, 15) is 0 Å². The van der Waals surface area contributed by atoms with E-state index in [4.69, 9.17) is 0 Å². The van der Waals surface area contributed by atoms with Crippen LogP contribution in [0.15, 0.2) is 0 Å². The van der Waals surface area contributed by atoms with Crippen LogP contribution in [0.4, 0.5) is 0 Å². The quantitative estimate of drug-likeness (QED) is 0.345. The van der Waals surface area contributed by atoms with Gasteiger partial charge in [0.15, 0.2) is 0 Å². The summed E-state index contributed by atoms with van der Waals surface area (Å²) >= 11 is 0. The van der Waals surface area contributed by atoms with Gasteiger partial charge < -0.3 is 16.4 Å². The second-order valence-electron chi connectivity index (χ2n) is 0. The molecule has 0 aliphatic heterocycles. The monoisotopic (exact) mass is 99.9 g/mol. The van der Waals surface area contributed by atoms with Crippen LogP contribution in [0.3, 0.4) is 0 Å². The van der Waals surface area contributed by atoms with E-state index in [-0.39, 0.29) is 50.4 Å². The van der Waals surface area contributed by atoms with E-state index in [2.05, 4.69) is 0 Å². The Bertz CT molecular complexity index is 6.85. The molecule has 0 N–H and O–H groups in total. The van der Waals surface area contributed by atoms with E-state index in [0.29, 0.717) is 0 Å². The Kier molecular flexibility index (Phi) is 3630. The van der Waals surface area contributed by atoms with Gasteiger partial charge in [-0.25, -0.2) is 0 Å². The van der Waals surface area contributed by atoms with Crippen LogP contribution in [0.25, 0.3) is 0 Å². The first-order valence-corrected chi connectivity index (χ1v) is 0. The third kappa shape index (κ3) is 53.5. The molecule has 0 radical (unpaired) electrons. The Morgan fingerprint density at radius 1 is 0.600 bits per heavy atom. The third-order valence-corrected chi connectivity index (χ3v) is 0. The molecule has 24 valence electrons. The molecule has 0 amide bonds. The van der Waals surface area contributed by atoms with E-state index < -0.39 is 0 Å². The first-order chi connectivity index (χ1) is 0. The summed E-state index contributed by atoms with van der Waals surface area (Å²) in [6.45, 7) is 0. The zero-order chi connectivity index (χ0) is 0. The molecule has 0 aromatic heterocycles. The molecule has 0 saturated heterocycles. The van der Waals surface area contributed by atoms with Crippen LogP contribution in [0, 0.1) is 0 Å². The summed E-state index contributed by atoms with van der Waals surface area (Å²) in [5.74, 6) is 0. The van der Waals surface area contributed by atoms with E-state index >= 15 is 0 Å². The Labute approximate surface area is 50.9 Å². The predicted octanol–water partition coefficient (Wildman–Crippen LogP) is -1.12. The van der Waals surface area contributed by atoms with Crippen LogP contribution in [0.1, 0.15) is 0 Å². The Balaban J connectivity index is 0. The maximum atomic E-state index is 0. The average molecular weight is 100 g/mol. The van der Waals surface area contributed by atoms with Crippen molar-refractivity contribution >= 4 is 34.0 Å². The average Bonchev–Trinajstić information content (AvgIpc) is 0. The van der Waals surface area contributed by atoms with Gasteiger partial charge in [-0.05, 0) is 0 Å². The minimum atomic E-state index is 0. The summed E-state index contributed by atoms with van der Waals surface area (Å²) in [6, 6.07) is 0. The first kappa shape index (κ1) is 186. The summed E-state index contributed by atoms with van der Waals surface area (Å²) in [5.41, 5.74) is 0. The molecule has 0 bridgehead atoms. The van der Waals surface area contributed by atoms with Crippen LogP contribution < -0.4 is 0 Å². The van der Waals surface area contributed by atoms with Gasteiger partial charge in [-0.15, -0.1) is 0 Å². The summed E-state index contributed by atoms with van der Waals surface area (Å²) in [7, 11) is 0. The van der Waals surface area contributed by atoms with Crippen LogP contribution in [0.5, 0.6) is 0 Å². The smallest absolute Gasteiger partial charge is 2.00 e. The SMILES string of the molecule is [Mg+2].[O-2].[O-2].[O-2].[Si+4]. The minimum absolute atomic E-state index is 0. The molecule has 0 aliphatic carbocycles. The van der Waals surface area contributed by atoms with Crippen molar-refractivity contribution in [1.82, 2.24) is 0 Å². The standard InChI is InChI=1S/Mg.3O.Si/q+2;3*-2;+4. The van der Waals surface area contributed by atoms with Gasteiger partial charge >= 0.3 is 34.0 Å². The predicted molar refractivity (Wildman–Crippen MR) is 13.6 cm³/mol. The van der Waals surface area contributed by atoms with Gasteiger partial charge in [-0.3, -0.25) is 0 Å². The van der Waals surface area contributed by atoms with Crippen molar-refractivity contribution in [3.05, 3.63) is 0 Å². The number of hydrogen-bond acceptors (Lipinski definition) is 0. The molecule has 0 spiro atoms. The van der Waals surface area contributed by atoms with E-state index in [1.54, 1.807) is 0 Å². The van der Waals surface area contributed by atoms with Crippen LogP contribution in [0.2, 0.25) is 0 Å². The van der Waals surface area contributed by atoms with E-state index in [1.807, 2.05) is 0 Å². The molecular formula is MgO3Si. The van der Waals surface area contributed by atoms with Crippen molar-refractivity contribution in [2.75, 3.05) is 0 Å². The minimum Gasteiger partial charge on any atom is -2.00 e. The van der Waals surface area contributed by atoms with Gasteiger partial charge in [0.05, 0.1) is 0 Å². The van der Waals surface area contributed by atoms with Gasteiger partial charge in [-0.2, -0.15) is 0 Å². The van der Waals surface area contributed by atoms with Crippen molar-refractivity contribution in [1.29, 1.82) is 0 Å². The molecule has 0 heterocycles. The fourth-order valence-corrected chi connectivity index (χ4v) is 0. The van der Waals surface area contributed by atoms with Crippen molar-refractivity contribution in [3.8, 4) is 0 Å². The van der Waals surface area contributed by atoms with Crippen molar-refractivity contribution in [2.45, 2.75) is 0 Å². The Morgan fingerprint density at radius 3 is 0.600 bits per heavy atom. The maximum Gasteiger partial charge on any atom is 4.00 e. The molecule has 3 nitrogen and oxygen atoms in total. The first-order valence-electron chi connectivity index (χ1n) is 0. The van der Waals surface area contributed by atoms with Crippen LogP contribution >= 0.6 is 0 Å². The zero-order valence-corrected chi connectivity index (χ0v) is 4.85.